The highest BCUT2D eigenvalue weighted by Gasteiger charge is 2.33. The van der Waals surface area contributed by atoms with Crippen LogP contribution in [0.2, 0.25) is 5.02 Å². The smallest absolute Gasteiger partial charge is 0.417 e. The normalized spacial score (nSPS) is 11.3. The monoisotopic (exact) mass is 505 g/mol. The molecule has 0 saturated heterocycles. The average Bonchev–Trinajstić information content (AvgIpc) is 3.23. The zero-order valence-electron chi connectivity index (χ0n) is 17.9. The van der Waals surface area contributed by atoms with Gasteiger partial charge in [-0.3, -0.25) is 4.98 Å². The molecule has 0 spiro atoms. The van der Waals surface area contributed by atoms with Crippen LogP contribution in [0.4, 0.5) is 33.7 Å². The van der Waals surface area contributed by atoms with Gasteiger partial charge in [0.2, 0.25) is 0 Å². The van der Waals surface area contributed by atoms with Crippen molar-refractivity contribution in [3.8, 4) is 22.9 Å². The molecule has 0 unspecified atom stereocenters. The number of urea groups is 1. The second-order valence-corrected chi connectivity index (χ2v) is 7.72. The van der Waals surface area contributed by atoms with Crippen molar-refractivity contribution in [2.24, 2.45) is 7.05 Å². The molecule has 2 heterocycles. The summed E-state index contributed by atoms with van der Waals surface area (Å²) in [7, 11) is 1.82. The molecule has 180 valence electrons. The van der Waals surface area contributed by atoms with Gasteiger partial charge >= 0.3 is 12.2 Å². The minimum atomic E-state index is -4.69. The number of alkyl halides is 3. The fourth-order valence-electron chi connectivity index (χ4n) is 3.06. The minimum Gasteiger partial charge on any atom is -0.457 e. The average molecular weight is 506 g/mol. The largest absolute Gasteiger partial charge is 0.457 e. The van der Waals surface area contributed by atoms with Crippen LogP contribution in [0.1, 0.15) is 5.56 Å². The summed E-state index contributed by atoms with van der Waals surface area (Å²) in [6.07, 6.45) is 0.243. The number of imidazole rings is 1. The summed E-state index contributed by atoms with van der Waals surface area (Å²) in [6.45, 7) is 0. The van der Waals surface area contributed by atoms with E-state index in [1.54, 1.807) is 29.2 Å². The Morgan fingerprint density at radius 1 is 1.00 bits per heavy atom. The second kappa shape index (κ2) is 9.63. The maximum absolute atomic E-state index is 14.6. The van der Waals surface area contributed by atoms with Crippen LogP contribution in [0.25, 0.3) is 11.4 Å². The topological polar surface area (TPSA) is 81.1 Å². The highest BCUT2D eigenvalue weighted by molar-refractivity contribution is 6.31. The van der Waals surface area contributed by atoms with Crippen molar-refractivity contribution < 1.29 is 27.1 Å². The van der Waals surface area contributed by atoms with Crippen LogP contribution in [-0.2, 0) is 13.2 Å². The number of nitrogens with one attached hydrogen (secondary N) is 2. The summed E-state index contributed by atoms with van der Waals surface area (Å²) in [5.41, 5.74) is -0.274. The van der Waals surface area contributed by atoms with E-state index < -0.39 is 28.6 Å². The highest BCUT2D eigenvalue weighted by atomic mass is 35.5. The number of anilines is 2. The molecule has 0 fully saturated rings. The number of aryl methyl sites for hydroxylation is 1. The van der Waals surface area contributed by atoms with Gasteiger partial charge in [0.15, 0.2) is 0 Å². The van der Waals surface area contributed by atoms with E-state index in [0.717, 1.165) is 12.1 Å². The van der Waals surface area contributed by atoms with Gasteiger partial charge in [-0.05, 0) is 36.4 Å². The maximum atomic E-state index is 14.6. The lowest BCUT2D eigenvalue weighted by Crippen LogP contribution is -2.20. The lowest BCUT2D eigenvalue weighted by Gasteiger charge is -2.13. The number of pyridine rings is 1. The molecule has 0 aliphatic heterocycles. The number of rotatable bonds is 5. The van der Waals surface area contributed by atoms with Crippen LogP contribution < -0.4 is 15.4 Å². The van der Waals surface area contributed by atoms with Gasteiger partial charge in [0.1, 0.15) is 23.0 Å². The number of hydrogen-bond acceptors (Lipinski definition) is 4. The Kier molecular flexibility index (Phi) is 6.61. The molecule has 0 aliphatic rings. The number of amides is 2. The van der Waals surface area contributed by atoms with Gasteiger partial charge in [-0.25, -0.2) is 14.2 Å². The van der Waals surface area contributed by atoms with E-state index in [2.05, 4.69) is 20.6 Å². The van der Waals surface area contributed by atoms with Gasteiger partial charge in [0.05, 0.1) is 28.3 Å². The molecule has 0 bridgehead atoms. The van der Waals surface area contributed by atoms with Gasteiger partial charge in [-0.15, -0.1) is 0 Å². The van der Waals surface area contributed by atoms with Crippen molar-refractivity contribution in [3.63, 3.8) is 0 Å². The van der Waals surface area contributed by atoms with E-state index in [1.165, 1.54) is 24.4 Å². The first-order valence-electron chi connectivity index (χ1n) is 9.95. The van der Waals surface area contributed by atoms with Crippen molar-refractivity contribution in [1.29, 1.82) is 0 Å². The number of benzene rings is 2. The molecule has 2 N–H and O–H groups in total. The molecular formula is C23H16ClF4N5O2. The molecule has 35 heavy (non-hydrogen) atoms. The molecule has 0 radical (unpaired) electrons. The van der Waals surface area contributed by atoms with Crippen molar-refractivity contribution in [2.45, 2.75) is 6.18 Å². The van der Waals surface area contributed by atoms with Crippen molar-refractivity contribution in [3.05, 3.63) is 83.7 Å². The predicted octanol–water partition coefficient (Wildman–Crippen LogP) is 6.73. The summed E-state index contributed by atoms with van der Waals surface area (Å²) >= 11 is 5.56. The van der Waals surface area contributed by atoms with E-state index in [-0.39, 0.29) is 17.1 Å². The lowest BCUT2D eigenvalue weighted by molar-refractivity contribution is -0.137. The first-order valence-corrected chi connectivity index (χ1v) is 10.3. The number of ether oxygens (including phenoxy) is 1. The second-order valence-electron chi connectivity index (χ2n) is 7.32. The SMILES string of the molecule is Cn1cnc(-c2cc(Oc3ccc(NC(=O)Nc4ccc(Cl)c(C(F)(F)F)c4)c(F)c3)ccn2)c1. The Labute approximate surface area is 201 Å². The third kappa shape index (κ3) is 5.87. The van der Waals surface area contributed by atoms with Gasteiger partial charge in [-0.1, -0.05) is 11.6 Å². The predicted molar refractivity (Wildman–Crippen MR) is 122 cm³/mol. The molecule has 0 atom stereocenters. The number of aromatic nitrogens is 3. The summed E-state index contributed by atoms with van der Waals surface area (Å²) in [4.78, 5) is 20.6. The first kappa shape index (κ1) is 24.0. The Hall–Kier alpha value is -4.12. The number of carbonyl (C=O) groups excluding carboxylic acids is 1. The van der Waals surface area contributed by atoms with Crippen LogP contribution in [0.3, 0.4) is 0 Å². The molecule has 0 aliphatic carbocycles. The van der Waals surface area contributed by atoms with Crippen LogP contribution in [0.15, 0.2) is 67.3 Å². The zero-order chi connectivity index (χ0) is 25.2. The minimum absolute atomic E-state index is 0.152. The van der Waals surface area contributed by atoms with Gasteiger partial charge in [-0.2, -0.15) is 13.2 Å². The Bertz CT molecular complexity index is 1390. The molecule has 4 rings (SSSR count). The van der Waals surface area contributed by atoms with Crippen molar-refractivity contribution in [1.82, 2.24) is 14.5 Å². The van der Waals surface area contributed by atoms with E-state index in [4.69, 9.17) is 16.3 Å². The molecule has 4 aromatic rings. The van der Waals surface area contributed by atoms with Crippen LogP contribution >= 0.6 is 11.6 Å². The van der Waals surface area contributed by atoms with Crippen LogP contribution in [-0.4, -0.2) is 20.6 Å². The fourth-order valence-corrected chi connectivity index (χ4v) is 3.29. The summed E-state index contributed by atoms with van der Waals surface area (Å²) in [6, 6.07) is 8.90. The zero-order valence-corrected chi connectivity index (χ0v) is 18.7. The molecule has 12 heteroatoms. The van der Waals surface area contributed by atoms with Gasteiger partial charge in [0.25, 0.3) is 0 Å². The summed E-state index contributed by atoms with van der Waals surface area (Å²) in [5, 5.41) is 3.95. The Morgan fingerprint density at radius 2 is 1.77 bits per heavy atom. The Morgan fingerprint density at radius 3 is 2.46 bits per heavy atom. The van der Waals surface area contributed by atoms with Gasteiger partial charge in [0, 0.05) is 37.3 Å². The first-order chi connectivity index (χ1) is 16.6. The van der Waals surface area contributed by atoms with E-state index in [1.807, 2.05) is 7.05 Å². The third-order valence-electron chi connectivity index (χ3n) is 4.65. The fraction of sp³-hybridized carbons (Fsp3) is 0.0870. The van der Waals surface area contributed by atoms with Crippen molar-refractivity contribution in [2.75, 3.05) is 10.6 Å². The quantitative estimate of drug-likeness (QED) is 0.295. The molecular weight excluding hydrogens is 490 g/mol. The highest BCUT2D eigenvalue weighted by Crippen LogP contribution is 2.36. The third-order valence-corrected chi connectivity index (χ3v) is 4.98. The van der Waals surface area contributed by atoms with E-state index in [9.17, 15) is 22.4 Å². The van der Waals surface area contributed by atoms with Gasteiger partial charge < -0.3 is 19.9 Å². The van der Waals surface area contributed by atoms with Crippen LogP contribution in [0.5, 0.6) is 11.5 Å². The number of nitrogens with zero attached hydrogens (tertiary/aromatic N) is 3. The summed E-state index contributed by atoms with van der Waals surface area (Å²) in [5.74, 6) is -0.274. The van der Waals surface area contributed by atoms with Crippen LogP contribution in [0, 0.1) is 5.82 Å². The summed E-state index contributed by atoms with van der Waals surface area (Å²) < 4.78 is 61.0. The standard InChI is InChI=1S/C23H16ClF4N5O2/c1-33-11-21(30-12-33)20-10-15(6-7-29-20)35-14-3-5-19(18(25)9-14)32-22(34)31-13-2-4-17(24)16(8-13)23(26,27)28/h2-12H,1H3,(H2,31,32,34). The Balaban J connectivity index is 1.43. The van der Waals surface area contributed by atoms with E-state index in [0.29, 0.717) is 23.2 Å². The number of carbonyl (C=O) groups is 1. The molecule has 2 aromatic carbocycles. The molecule has 2 amide bonds. The van der Waals surface area contributed by atoms with E-state index >= 15 is 0 Å². The molecule has 0 saturated carbocycles. The number of hydrogen-bond donors (Lipinski definition) is 2. The molecule has 7 nitrogen and oxygen atoms in total. The molecule has 2 aromatic heterocycles. The lowest BCUT2D eigenvalue weighted by atomic mass is 10.2. The van der Waals surface area contributed by atoms with Crippen molar-refractivity contribution >= 4 is 29.0 Å². The number of halogens is 5. The maximum Gasteiger partial charge on any atom is 0.417 e.